The number of rotatable bonds is 3. The number of nitrogens with one attached hydrogen (secondary N) is 1. The van der Waals surface area contributed by atoms with E-state index in [2.05, 4.69) is 26.8 Å². The van der Waals surface area contributed by atoms with E-state index in [-0.39, 0.29) is 0 Å². The number of hydrogen-bond acceptors (Lipinski definition) is 5. The summed E-state index contributed by atoms with van der Waals surface area (Å²) in [5, 5.41) is 9.66. The molecule has 6 heteroatoms. The molecule has 5 nitrogen and oxygen atoms in total. The van der Waals surface area contributed by atoms with E-state index in [1.54, 1.807) is 28.4 Å². The molecule has 0 amide bonds. The molecule has 0 fully saturated rings. The van der Waals surface area contributed by atoms with Gasteiger partial charge in [0.1, 0.15) is 5.52 Å². The van der Waals surface area contributed by atoms with Crippen LogP contribution in [0.3, 0.4) is 0 Å². The standard InChI is InChI=1S/C16H13N5S/c1-21-9-11(7-18-21)13-4-5-15-16(20-13)14(10-22-15)19-12-3-2-6-17-8-12/h2-10,19H,1H3. The van der Waals surface area contributed by atoms with Crippen LogP contribution in [0.15, 0.2) is 54.4 Å². The summed E-state index contributed by atoms with van der Waals surface area (Å²) in [6.45, 7) is 0. The molecule has 0 spiro atoms. The lowest BCUT2D eigenvalue weighted by Gasteiger charge is -2.04. The van der Waals surface area contributed by atoms with Crippen LogP contribution in [0, 0.1) is 0 Å². The first-order valence-electron chi connectivity index (χ1n) is 6.84. The lowest BCUT2D eigenvalue weighted by Crippen LogP contribution is -1.91. The van der Waals surface area contributed by atoms with E-state index in [4.69, 9.17) is 4.98 Å². The zero-order valence-corrected chi connectivity index (χ0v) is 12.7. The largest absolute Gasteiger partial charge is 0.352 e. The summed E-state index contributed by atoms with van der Waals surface area (Å²) >= 11 is 1.68. The molecule has 0 aliphatic heterocycles. The molecular weight excluding hydrogens is 294 g/mol. The molecular formula is C16H13N5S. The van der Waals surface area contributed by atoms with Gasteiger partial charge in [0.05, 0.1) is 34.2 Å². The fraction of sp³-hybridized carbons (Fsp3) is 0.0625. The van der Waals surface area contributed by atoms with Crippen LogP contribution in [0.25, 0.3) is 21.5 Å². The van der Waals surface area contributed by atoms with Gasteiger partial charge in [-0.2, -0.15) is 5.10 Å². The van der Waals surface area contributed by atoms with Gasteiger partial charge in [0.2, 0.25) is 0 Å². The molecule has 0 aromatic carbocycles. The van der Waals surface area contributed by atoms with Gasteiger partial charge in [-0.05, 0) is 24.3 Å². The van der Waals surface area contributed by atoms with Crippen LogP contribution in [0.5, 0.6) is 0 Å². The molecule has 1 N–H and O–H groups in total. The van der Waals surface area contributed by atoms with Crippen LogP contribution >= 0.6 is 11.3 Å². The predicted octanol–water partition coefficient (Wildman–Crippen LogP) is 3.84. The van der Waals surface area contributed by atoms with Crippen molar-refractivity contribution in [1.29, 1.82) is 0 Å². The molecule has 0 radical (unpaired) electrons. The van der Waals surface area contributed by atoms with Crippen LogP contribution in [0.1, 0.15) is 0 Å². The van der Waals surface area contributed by atoms with Crippen molar-refractivity contribution in [1.82, 2.24) is 19.7 Å². The van der Waals surface area contributed by atoms with Crippen molar-refractivity contribution < 1.29 is 0 Å². The summed E-state index contributed by atoms with van der Waals surface area (Å²) in [7, 11) is 1.90. The highest BCUT2D eigenvalue weighted by atomic mass is 32.1. The van der Waals surface area contributed by atoms with Crippen molar-refractivity contribution in [2.45, 2.75) is 0 Å². The maximum Gasteiger partial charge on any atom is 0.105 e. The number of fused-ring (bicyclic) bond motifs is 1. The first-order valence-corrected chi connectivity index (χ1v) is 7.72. The number of hydrogen-bond donors (Lipinski definition) is 1. The Hall–Kier alpha value is -2.73. The van der Waals surface area contributed by atoms with Gasteiger partial charge in [-0.1, -0.05) is 0 Å². The van der Waals surface area contributed by atoms with Gasteiger partial charge in [-0.3, -0.25) is 9.67 Å². The van der Waals surface area contributed by atoms with Gasteiger partial charge in [-0.15, -0.1) is 11.3 Å². The Kier molecular flexibility index (Phi) is 3.08. The summed E-state index contributed by atoms with van der Waals surface area (Å²) in [6, 6.07) is 8.03. The molecule has 0 unspecified atom stereocenters. The number of aryl methyl sites for hydroxylation is 1. The van der Waals surface area contributed by atoms with E-state index in [0.717, 1.165) is 32.8 Å². The minimum Gasteiger partial charge on any atom is -0.352 e. The number of thiophene rings is 1. The second kappa shape index (κ2) is 5.23. The summed E-state index contributed by atoms with van der Waals surface area (Å²) in [5.41, 5.74) is 4.86. The third-order valence-electron chi connectivity index (χ3n) is 3.36. The second-order valence-corrected chi connectivity index (χ2v) is 5.87. The smallest absolute Gasteiger partial charge is 0.105 e. The molecule has 0 aliphatic carbocycles. The lowest BCUT2D eigenvalue weighted by atomic mass is 10.2. The second-order valence-electron chi connectivity index (χ2n) is 4.96. The van der Waals surface area contributed by atoms with E-state index in [1.807, 2.05) is 37.6 Å². The first-order chi connectivity index (χ1) is 10.8. The van der Waals surface area contributed by atoms with Gasteiger partial charge in [0, 0.05) is 30.4 Å². The maximum atomic E-state index is 4.79. The topological polar surface area (TPSA) is 55.6 Å². The zero-order chi connectivity index (χ0) is 14.9. The van der Waals surface area contributed by atoms with Crippen molar-refractivity contribution in [2.75, 3.05) is 5.32 Å². The highest BCUT2D eigenvalue weighted by Crippen LogP contribution is 2.32. The molecule has 4 aromatic rings. The van der Waals surface area contributed by atoms with E-state index < -0.39 is 0 Å². The number of anilines is 2. The van der Waals surface area contributed by atoms with E-state index in [1.165, 1.54) is 0 Å². The minimum atomic E-state index is 0.924. The van der Waals surface area contributed by atoms with Crippen molar-refractivity contribution in [3.8, 4) is 11.3 Å². The van der Waals surface area contributed by atoms with Crippen LogP contribution in [-0.4, -0.2) is 19.7 Å². The van der Waals surface area contributed by atoms with Gasteiger partial charge in [0.15, 0.2) is 0 Å². The van der Waals surface area contributed by atoms with Gasteiger partial charge in [-0.25, -0.2) is 4.98 Å². The zero-order valence-electron chi connectivity index (χ0n) is 11.9. The third-order valence-corrected chi connectivity index (χ3v) is 4.30. The molecule has 4 heterocycles. The molecule has 4 rings (SSSR count). The van der Waals surface area contributed by atoms with Gasteiger partial charge in [0.25, 0.3) is 0 Å². The molecule has 0 atom stereocenters. The van der Waals surface area contributed by atoms with Crippen LogP contribution in [-0.2, 0) is 7.05 Å². The summed E-state index contributed by atoms with van der Waals surface area (Å²) in [6.07, 6.45) is 7.35. The van der Waals surface area contributed by atoms with Crippen LogP contribution < -0.4 is 5.32 Å². The maximum absolute atomic E-state index is 4.79. The Morgan fingerprint density at radius 1 is 1.18 bits per heavy atom. The third kappa shape index (κ3) is 2.33. The summed E-state index contributed by atoms with van der Waals surface area (Å²) in [4.78, 5) is 8.91. The fourth-order valence-electron chi connectivity index (χ4n) is 2.31. The van der Waals surface area contributed by atoms with Crippen LogP contribution in [0.4, 0.5) is 11.4 Å². The Morgan fingerprint density at radius 2 is 2.14 bits per heavy atom. The quantitative estimate of drug-likeness (QED) is 0.625. The SMILES string of the molecule is Cn1cc(-c2ccc3scc(Nc4cccnc4)c3n2)cn1. The lowest BCUT2D eigenvalue weighted by molar-refractivity contribution is 0.768. The molecule has 22 heavy (non-hydrogen) atoms. The fourth-order valence-corrected chi connectivity index (χ4v) is 3.14. The van der Waals surface area contributed by atoms with Crippen molar-refractivity contribution in [2.24, 2.45) is 7.05 Å². The van der Waals surface area contributed by atoms with Gasteiger partial charge < -0.3 is 5.32 Å². The molecule has 0 saturated heterocycles. The molecule has 0 bridgehead atoms. The monoisotopic (exact) mass is 307 g/mol. The number of nitrogens with zero attached hydrogens (tertiary/aromatic N) is 4. The highest BCUT2D eigenvalue weighted by molar-refractivity contribution is 7.17. The van der Waals surface area contributed by atoms with Crippen molar-refractivity contribution >= 4 is 32.9 Å². The van der Waals surface area contributed by atoms with E-state index >= 15 is 0 Å². The Balaban J connectivity index is 1.76. The summed E-state index contributed by atoms with van der Waals surface area (Å²) in [5.74, 6) is 0. The minimum absolute atomic E-state index is 0.924. The average Bonchev–Trinajstić information content (AvgIpc) is 3.15. The first kappa shape index (κ1) is 13.0. The summed E-state index contributed by atoms with van der Waals surface area (Å²) < 4.78 is 2.93. The number of pyridine rings is 2. The van der Waals surface area contributed by atoms with Crippen LogP contribution in [0.2, 0.25) is 0 Å². The molecule has 4 aromatic heterocycles. The predicted molar refractivity (Wildman–Crippen MR) is 89.3 cm³/mol. The average molecular weight is 307 g/mol. The van der Waals surface area contributed by atoms with Gasteiger partial charge >= 0.3 is 0 Å². The number of aromatic nitrogens is 4. The van der Waals surface area contributed by atoms with E-state index in [0.29, 0.717) is 0 Å². The Bertz CT molecular complexity index is 926. The van der Waals surface area contributed by atoms with E-state index in [9.17, 15) is 0 Å². The Morgan fingerprint density at radius 3 is 2.91 bits per heavy atom. The van der Waals surface area contributed by atoms with Crippen molar-refractivity contribution in [3.05, 3.63) is 54.4 Å². The normalized spacial score (nSPS) is 11.0. The highest BCUT2D eigenvalue weighted by Gasteiger charge is 2.09. The molecule has 108 valence electrons. The Labute approximate surface area is 131 Å². The molecule has 0 aliphatic rings. The molecule has 0 saturated carbocycles. The van der Waals surface area contributed by atoms with Crippen molar-refractivity contribution in [3.63, 3.8) is 0 Å².